The third kappa shape index (κ3) is 5.30. The van der Waals surface area contributed by atoms with Crippen LogP contribution in [0.5, 0.6) is 5.75 Å². The molecule has 196 valence electrons. The molecule has 1 amide bonds. The van der Waals surface area contributed by atoms with Gasteiger partial charge in [-0.05, 0) is 61.0 Å². The molecule has 0 spiro atoms. The number of imidazole rings is 1. The minimum atomic E-state index is -4.51. The van der Waals surface area contributed by atoms with E-state index < -0.39 is 26.6 Å². The first kappa shape index (κ1) is 25.9. The minimum Gasteiger partial charge on any atom is -0.492 e. The molecule has 1 heterocycles. The van der Waals surface area contributed by atoms with Crippen LogP contribution in [0.15, 0.2) is 102 Å². The topological polar surface area (TPSA) is 90.3 Å². The number of anilines is 1. The van der Waals surface area contributed by atoms with Crippen molar-refractivity contribution < 1.29 is 22.3 Å². The predicted molar refractivity (Wildman–Crippen MR) is 150 cm³/mol. The lowest BCUT2D eigenvalue weighted by Gasteiger charge is -2.13. The summed E-state index contributed by atoms with van der Waals surface area (Å²) in [6, 6.07) is 26.1. The monoisotopic (exact) mass is 541 g/mol. The molecule has 0 saturated carbocycles. The van der Waals surface area contributed by atoms with Crippen LogP contribution in [0.25, 0.3) is 23.2 Å². The molecule has 0 aliphatic rings. The summed E-state index contributed by atoms with van der Waals surface area (Å²) in [6.45, 7) is 2.21. The Morgan fingerprint density at radius 1 is 0.949 bits per heavy atom. The van der Waals surface area contributed by atoms with Crippen molar-refractivity contribution in [2.75, 3.05) is 11.9 Å². The van der Waals surface area contributed by atoms with Gasteiger partial charge in [0, 0.05) is 5.56 Å². The van der Waals surface area contributed by atoms with Crippen LogP contribution in [-0.2, 0) is 10.0 Å². The zero-order valence-corrected chi connectivity index (χ0v) is 21.7. The summed E-state index contributed by atoms with van der Waals surface area (Å²) in [5.74, 6) is -1.04. The third-order valence-electron chi connectivity index (χ3n) is 5.91. The lowest BCUT2D eigenvalue weighted by molar-refractivity contribution is 0.102. The molecule has 7 nitrogen and oxygen atoms in total. The molecule has 5 rings (SSSR count). The fraction of sp³-hybridized carbons (Fsp3) is 0.0667. The summed E-state index contributed by atoms with van der Waals surface area (Å²) in [6.07, 6.45) is 3.29. The number of halogens is 1. The molecular formula is C30H24FN3O4S. The van der Waals surface area contributed by atoms with E-state index in [1.54, 1.807) is 60.7 Å². The lowest BCUT2D eigenvalue weighted by atomic mass is 10.2. The number of ether oxygens (including phenoxy) is 1. The van der Waals surface area contributed by atoms with Crippen molar-refractivity contribution in [1.29, 1.82) is 0 Å². The second kappa shape index (κ2) is 10.9. The number of amides is 1. The van der Waals surface area contributed by atoms with Crippen molar-refractivity contribution in [3.05, 3.63) is 120 Å². The molecule has 39 heavy (non-hydrogen) atoms. The Labute approximate surface area is 225 Å². The highest BCUT2D eigenvalue weighted by atomic mass is 32.2. The van der Waals surface area contributed by atoms with Crippen molar-refractivity contribution in [2.24, 2.45) is 0 Å². The van der Waals surface area contributed by atoms with Crippen LogP contribution in [0.3, 0.4) is 0 Å². The van der Waals surface area contributed by atoms with Gasteiger partial charge in [0.05, 0.1) is 23.3 Å². The van der Waals surface area contributed by atoms with Gasteiger partial charge >= 0.3 is 0 Å². The summed E-state index contributed by atoms with van der Waals surface area (Å²) in [5, 5.41) is 2.71. The SMILES string of the molecule is CCOc1ccccc1NC(=O)c1ccc(F)c(S(=O)(=O)n2c(/C=C/c3ccccc3)nc3ccccc32)c1. The van der Waals surface area contributed by atoms with Crippen LogP contribution in [-0.4, -0.2) is 29.9 Å². The Balaban J connectivity index is 1.57. The Morgan fingerprint density at radius 2 is 1.67 bits per heavy atom. The van der Waals surface area contributed by atoms with Gasteiger partial charge in [0.1, 0.15) is 22.3 Å². The molecule has 0 unspecified atom stereocenters. The normalized spacial score (nSPS) is 11.6. The fourth-order valence-corrected chi connectivity index (χ4v) is 5.65. The third-order valence-corrected chi connectivity index (χ3v) is 7.65. The molecule has 5 aromatic rings. The number of para-hydroxylation sites is 4. The molecule has 9 heteroatoms. The Kier molecular flexibility index (Phi) is 7.25. The van der Waals surface area contributed by atoms with Gasteiger partial charge in [0.2, 0.25) is 0 Å². The first-order valence-corrected chi connectivity index (χ1v) is 13.6. The van der Waals surface area contributed by atoms with E-state index in [0.717, 1.165) is 21.7 Å². The van der Waals surface area contributed by atoms with Gasteiger partial charge in [-0.2, -0.15) is 0 Å². The molecule has 0 aliphatic heterocycles. The molecule has 0 aliphatic carbocycles. The maximum atomic E-state index is 15.1. The number of nitrogens with zero attached hydrogens (tertiary/aromatic N) is 2. The zero-order chi connectivity index (χ0) is 27.4. The summed E-state index contributed by atoms with van der Waals surface area (Å²) >= 11 is 0. The van der Waals surface area contributed by atoms with Crippen molar-refractivity contribution >= 4 is 44.8 Å². The second-order valence-corrected chi connectivity index (χ2v) is 10.3. The number of aromatic nitrogens is 2. The molecule has 0 atom stereocenters. The number of nitrogens with one attached hydrogen (secondary N) is 1. The van der Waals surface area contributed by atoms with Crippen molar-refractivity contribution in [2.45, 2.75) is 11.8 Å². The van der Waals surface area contributed by atoms with E-state index >= 15 is 4.39 Å². The smallest absolute Gasteiger partial charge is 0.272 e. The quantitative estimate of drug-likeness (QED) is 0.251. The molecular weight excluding hydrogens is 517 g/mol. The summed E-state index contributed by atoms with van der Waals surface area (Å²) in [5.41, 5.74) is 1.92. The van der Waals surface area contributed by atoms with Crippen LogP contribution < -0.4 is 10.1 Å². The van der Waals surface area contributed by atoms with Crippen LogP contribution in [0.2, 0.25) is 0 Å². The van der Waals surface area contributed by atoms with E-state index in [0.29, 0.717) is 23.6 Å². The average molecular weight is 542 g/mol. The fourth-order valence-electron chi connectivity index (χ4n) is 4.10. The van der Waals surface area contributed by atoms with E-state index in [2.05, 4.69) is 10.3 Å². The average Bonchev–Trinajstić information content (AvgIpc) is 3.33. The van der Waals surface area contributed by atoms with Gasteiger partial charge in [0.25, 0.3) is 15.9 Å². The van der Waals surface area contributed by atoms with Crippen LogP contribution in [0, 0.1) is 5.82 Å². The number of benzene rings is 4. The number of hydrogen-bond donors (Lipinski definition) is 1. The number of rotatable bonds is 8. The first-order chi connectivity index (χ1) is 18.9. The Bertz CT molecular complexity index is 1800. The zero-order valence-electron chi connectivity index (χ0n) is 20.9. The highest BCUT2D eigenvalue weighted by Gasteiger charge is 2.27. The maximum Gasteiger partial charge on any atom is 0.272 e. The van der Waals surface area contributed by atoms with Crippen molar-refractivity contribution in [1.82, 2.24) is 8.96 Å². The van der Waals surface area contributed by atoms with Crippen LogP contribution in [0.4, 0.5) is 10.1 Å². The summed E-state index contributed by atoms with van der Waals surface area (Å²) < 4.78 is 49.5. The van der Waals surface area contributed by atoms with E-state index in [4.69, 9.17) is 4.74 Å². The van der Waals surface area contributed by atoms with Crippen molar-refractivity contribution in [3.63, 3.8) is 0 Å². The number of fused-ring (bicyclic) bond motifs is 1. The summed E-state index contributed by atoms with van der Waals surface area (Å²) in [7, 11) is -4.51. The Hall–Kier alpha value is -4.76. The van der Waals surface area contributed by atoms with Crippen molar-refractivity contribution in [3.8, 4) is 5.75 Å². The van der Waals surface area contributed by atoms with Gasteiger partial charge in [-0.15, -0.1) is 0 Å². The Morgan fingerprint density at radius 3 is 2.46 bits per heavy atom. The molecule has 1 aromatic heterocycles. The number of carbonyl (C=O) groups excluding carboxylic acids is 1. The second-order valence-electron chi connectivity index (χ2n) is 8.50. The highest BCUT2D eigenvalue weighted by molar-refractivity contribution is 7.90. The van der Waals surface area contributed by atoms with E-state index in [1.807, 2.05) is 37.3 Å². The first-order valence-electron chi connectivity index (χ1n) is 12.2. The van der Waals surface area contributed by atoms with Crippen LogP contribution in [0.1, 0.15) is 28.7 Å². The predicted octanol–water partition coefficient (Wildman–Crippen LogP) is 6.23. The molecule has 1 N–H and O–H groups in total. The van der Waals surface area contributed by atoms with Gasteiger partial charge in [0.15, 0.2) is 0 Å². The lowest BCUT2D eigenvalue weighted by Crippen LogP contribution is -2.18. The molecule has 4 aromatic carbocycles. The highest BCUT2D eigenvalue weighted by Crippen LogP contribution is 2.28. The number of hydrogen-bond acceptors (Lipinski definition) is 5. The molecule has 0 bridgehead atoms. The minimum absolute atomic E-state index is 0.0351. The van der Waals surface area contributed by atoms with Gasteiger partial charge in [-0.1, -0.05) is 60.7 Å². The van der Waals surface area contributed by atoms with Gasteiger partial charge in [-0.3, -0.25) is 4.79 Å². The molecule has 0 saturated heterocycles. The summed E-state index contributed by atoms with van der Waals surface area (Å²) in [4.78, 5) is 16.9. The standard InChI is InChI=1S/C30H24FN3O4S/c1-2-38-27-15-9-7-13-25(27)33-30(35)22-17-18-23(31)28(20-22)39(36,37)34-26-14-8-6-12-24(26)32-29(34)19-16-21-10-4-3-5-11-21/h3-20H,2H2,1H3,(H,33,35)/b19-16+. The molecule has 0 fully saturated rings. The molecule has 0 radical (unpaired) electrons. The largest absolute Gasteiger partial charge is 0.492 e. The van der Waals surface area contributed by atoms with Gasteiger partial charge < -0.3 is 10.1 Å². The maximum absolute atomic E-state index is 15.1. The van der Waals surface area contributed by atoms with Gasteiger partial charge in [-0.25, -0.2) is 21.8 Å². The number of carbonyl (C=O) groups is 1. The van der Waals surface area contributed by atoms with E-state index in [-0.39, 0.29) is 16.9 Å². The van der Waals surface area contributed by atoms with E-state index in [1.165, 1.54) is 6.07 Å². The van der Waals surface area contributed by atoms with Crippen LogP contribution >= 0.6 is 0 Å². The van der Waals surface area contributed by atoms with E-state index in [9.17, 15) is 13.2 Å².